The van der Waals surface area contributed by atoms with Crippen LogP contribution in [0.4, 0.5) is 8.78 Å². The maximum absolute atomic E-state index is 13.6. The zero-order chi connectivity index (χ0) is 12.8. The molecule has 0 aliphatic carbocycles. The van der Waals surface area contributed by atoms with Crippen molar-refractivity contribution >= 4 is 11.8 Å². The molecule has 0 spiro atoms. The quantitative estimate of drug-likeness (QED) is 0.601. The summed E-state index contributed by atoms with van der Waals surface area (Å²) in [6, 6.07) is 5.69. The third-order valence-corrected chi connectivity index (χ3v) is 1.97. The number of benzene rings is 1. The van der Waals surface area contributed by atoms with Crippen molar-refractivity contribution in [3.05, 3.63) is 35.7 Å². The predicted octanol–water partition coefficient (Wildman–Crippen LogP) is 2.87. The molecule has 0 atom stereocenters. The van der Waals surface area contributed by atoms with E-state index in [1.54, 1.807) is 6.07 Å². The molecule has 0 amide bonds. The highest BCUT2D eigenvalue weighted by atomic mass is 19.2. The van der Waals surface area contributed by atoms with Gasteiger partial charge in [0, 0.05) is 5.56 Å². The van der Waals surface area contributed by atoms with Crippen molar-refractivity contribution in [2.75, 3.05) is 13.7 Å². The fraction of sp³-hybridized carbons (Fsp3) is 0.250. The van der Waals surface area contributed by atoms with E-state index in [2.05, 4.69) is 4.74 Å². The molecule has 1 aromatic carbocycles. The lowest BCUT2D eigenvalue weighted by atomic mass is 10.2. The maximum Gasteiger partial charge on any atom is 0.370 e. The molecule has 17 heavy (non-hydrogen) atoms. The van der Waals surface area contributed by atoms with E-state index in [-0.39, 0.29) is 12.2 Å². The summed E-state index contributed by atoms with van der Waals surface area (Å²) >= 11 is 0. The first-order chi connectivity index (χ1) is 8.10. The van der Waals surface area contributed by atoms with Gasteiger partial charge in [-0.05, 0) is 19.1 Å². The summed E-state index contributed by atoms with van der Waals surface area (Å²) in [6.07, 6.45) is 0. The SMILES string of the molecule is CCOC(=O)/C(F)=C(/F)c1cccc(OC)c1. The van der Waals surface area contributed by atoms with Gasteiger partial charge in [0.25, 0.3) is 0 Å². The van der Waals surface area contributed by atoms with Crippen LogP contribution >= 0.6 is 0 Å². The standard InChI is InChI=1S/C12H12F2O3/c1-3-17-12(15)11(14)10(13)8-5-4-6-9(7-8)16-2/h4-7H,3H2,1-2H3/b11-10-. The molecule has 1 aromatic rings. The van der Waals surface area contributed by atoms with Crippen molar-refractivity contribution in [2.45, 2.75) is 6.92 Å². The summed E-state index contributed by atoms with van der Waals surface area (Å²) in [7, 11) is 1.41. The number of carbonyl (C=O) groups is 1. The van der Waals surface area contributed by atoms with E-state index in [1.165, 1.54) is 32.2 Å². The van der Waals surface area contributed by atoms with Crippen LogP contribution in [0.15, 0.2) is 30.1 Å². The first-order valence-corrected chi connectivity index (χ1v) is 4.97. The van der Waals surface area contributed by atoms with Crippen molar-refractivity contribution in [1.82, 2.24) is 0 Å². The Bertz CT molecular complexity index is 441. The normalized spacial score (nSPS) is 11.8. The minimum absolute atomic E-state index is 0.0162. The van der Waals surface area contributed by atoms with Gasteiger partial charge in [0.2, 0.25) is 5.83 Å². The summed E-state index contributed by atoms with van der Waals surface area (Å²) in [5.41, 5.74) is -0.0742. The number of methoxy groups -OCH3 is 1. The molecule has 0 unspecified atom stereocenters. The average Bonchev–Trinajstić information content (AvgIpc) is 2.37. The van der Waals surface area contributed by atoms with Crippen molar-refractivity contribution < 1.29 is 23.0 Å². The third kappa shape index (κ3) is 3.27. The molecule has 0 radical (unpaired) electrons. The highest BCUT2D eigenvalue weighted by molar-refractivity contribution is 5.93. The highest BCUT2D eigenvalue weighted by Gasteiger charge is 2.18. The van der Waals surface area contributed by atoms with Crippen LogP contribution < -0.4 is 4.74 Å². The second-order valence-electron chi connectivity index (χ2n) is 3.08. The summed E-state index contributed by atoms with van der Waals surface area (Å²) in [4.78, 5) is 11.0. The monoisotopic (exact) mass is 242 g/mol. The van der Waals surface area contributed by atoms with Crippen LogP contribution in [0.5, 0.6) is 5.75 Å². The first kappa shape index (κ1) is 13.2. The Labute approximate surface area is 97.7 Å². The van der Waals surface area contributed by atoms with Gasteiger partial charge in [-0.15, -0.1) is 0 Å². The molecule has 0 aromatic heterocycles. The lowest BCUT2D eigenvalue weighted by molar-refractivity contribution is -0.140. The summed E-state index contributed by atoms with van der Waals surface area (Å²) in [6.45, 7) is 1.49. The van der Waals surface area contributed by atoms with Crippen LogP contribution in [0.3, 0.4) is 0 Å². The number of halogens is 2. The Balaban J connectivity index is 3.04. The molecule has 0 heterocycles. The number of ether oxygens (including phenoxy) is 2. The van der Waals surface area contributed by atoms with E-state index in [0.717, 1.165) is 0 Å². The Hall–Kier alpha value is -1.91. The number of hydrogen-bond donors (Lipinski definition) is 0. The van der Waals surface area contributed by atoms with E-state index in [4.69, 9.17) is 4.74 Å². The minimum Gasteiger partial charge on any atom is -0.497 e. The van der Waals surface area contributed by atoms with Crippen molar-refractivity contribution in [3.8, 4) is 5.75 Å². The summed E-state index contributed by atoms with van der Waals surface area (Å²) in [5, 5.41) is 0. The molecule has 0 bridgehead atoms. The summed E-state index contributed by atoms with van der Waals surface area (Å²) < 4.78 is 36.1. The van der Waals surface area contributed by atoms with E-state index in [0.29, 0.717) is 5.75 Å². The molecule has 1 rings (SSSR count). The zero-order valence-electron chi connectivity index (χ0n) is 9.50. The van der Waals surface area contributed by atoms with Crippen LogP contribution in [0.2, 0.25) is 0 Å². The second-order valence-corrected chi connectivity index (χ2v) is 3.08. The molecule has 92 valence electrons. The molecule has 0 saturated carbocycles. The fourth-order valence-electron chi connectivity index (χ4n) is 1.17. The smallest absolute Gasteiger partial charge is 0.370 e. The number of carbonyl (C=O) groups excluding carboxylic acids is 1. The van der Waals surface area contributed by atoms with Crippen molar-refractivity contribution in [1.29, 1.82) is 0 Å². The van der Waals surface area contributed by atoms with Crippen molar-refractivity contribution in [2.24, 2.45) is 0 Å². The minimum atomic E-state index is -1.54. The Morgan fingerprint density at radius 1 is 1.35 bits per heavy atom. The van der Waals surface area contributed by atoms with E-state index < -0.39 is 17.6 Å². The largest absolute Gasteiger partial charge is 0.497 e. The van der Waals surface area contributed by atoms with Crippen LogP contribution in [0.1, 0.15) is 12.5 Å². The van der Waals surface area contributed by atoms with Gasteiger partial charge in [0.15, 0.2) is 5.83 Å². The predicted molar refractivity (Wildman–Crippen MR) is 58.8 cm³/mol. The van der Waals surface area contributed by atoms with Crippen LogP contribution in [0.25, 0.3) is 5.83 Å². The number of rotatable bonds is 4. The van der Waals surface area contributed by atoms with Crippen molar-refractivity contribution in [3.63, 3.8) is 0 Å². The lowest BCUT2D eigenvalue weighted by Crippen LogP contribution is -2.05. The Morgan fingerprint density at radius 2 is 2.06 bits per heavy atom. The Kier molecular flexibility index (Phi) is 4.63. The van der Waals surface area contributed by atoms with Gasteiger partial charge >= 0.3 is 5.97 Å². The molecule has 0 aliphatic rings. The van der Waals surface area contributed by atoms with Gasteiger partial charge in [0.05, 0.1) is 13.7 Å². The highest BCUT2D eigenvalue weighted by Crippen LogP contribution is 2.25. The average molecular weight is 242 g/mol. The second kappa shape index (κ2) is 5.98. The van der Waals surface area contributed by atoms with Gasteiger partial charge in [0.1, 0.15) is 5.75 Å². The lowest BCUT2D eigenvalue weighted by Gasteiger charge is -2.04. The van der Waals surface area contributed by atoms with E-state index in [1.807, 2.05) is 0 Å². The van der Waals surface area contributed by atoms with Crippen LogP contribution in [-0.2, 0) is 9.53 Å². The molecular weight excluding hydrogens is 230 g/mol. The third-order valence-electron chi connectivity index (χ3n) is 1.97. The summed E-state index contributed by atoms with van der Waals surface area (Å²) in [5.74, 6) is -3.75. The molecular formula is C12H12F2O3. The van der Waals surface area contributed by atoms with Crippen LogP contribution in [-0.4, -0.2) is 19.7 Å². The fourth-order valence-corrected chi connectivity index (χ4v) is 1.17. The van der Waals surface area contributed by atoms with Gasteiger partial charge in [-0.25, -0.2) is 9.18 Å². The van der Waals surface area contributed by atoms with E-state index >= 15 is 0 Å². The molecule has 0 saturated heterocycles. The maximum atomic E-state index is 13.6. The molecule has 5 heteroatoms. The van der Waals surface area contributed by atoms with Gasteiger partial charge in [-0.3, -0.25) is 0 Å². The Morgan fingerprint density at radius 3 is 2.65 bits per heavy atom. The zero-order valence-corrected chi connectivity index (χ0v) is 9.50. The van der Waals surface area contributed by atoms with E-state index in [9.17, 15) is 13.6 Å². The van der Waals surface area contributed by atoms with Crippen LogP contribution in [0, 0.1) is 0 Å². The number of hydrogen-bond acceptors (Lipinski definition) is 3. The van der Waals surface area contributed by atoms with Gasteiger partial charge in [-0.2, -0.15) is 4.39 Å². The first-order valence-electron chi connectivity index (χ1n) is 4.97. The topological polar surface area (TPSA) is 35.5 Å². The van der Waals surface area contributed by atoms with Gasteiger partial charge in [-0.1, -0.05) is 12.1 Å². The molecule has 3 nitrogen and oxygen atoms in total. The number of esters is 1. The molecule has 0 aliphatic heterocycles. The van der Waals surface area contributed by atoms with Gasteiger partial charge < -0.3 is 9.47 Å². The molecule has 0 fully saturated rings. The molecule has 0 N–H and O–H groups in total.